The van der Waals surface area contributed by atoms with Crippen molar-refractivity contribution < 1.29 is 0 Å². The molecule has 1 fully saturated rings. The van der Waals surface area contributed by atoms with E-state index < -0.39 is 0 Å². The Morgan fingerprint density at radius 1 is 1.19 bits per heavy atom. The van der Waals surface area contributed by atoms with E-state index in [1.54, 1.807) is 0 Å². The molecule has 1 aromatic carbocycles. The van der Waals surface area contributed by atoms with E-state index in [1.807, 2.05) is 0 Å². The first-order valence-electron chi connectivity index (χ1n) is 10.6. The van der Waals surface area contributed by atoms with Gasteiger partial charge in [-0.1, -0.05) is 62.6 Å². The summed E-state index contributed by atoms with van der Waals surface area (Å²) in [6, 6.07) is 6.84. The zero-order valence-electron chi connectivity index (χ0n) is 18.0. The van der Waals surface area contributed by atoms with Crippen molar-refractivity contribution in [2.45, 2.75) is 92.0 Å². The number of hydrogen-bond donors (Lipinski definition) is 1. The van der Waals surface area contributed by atoms with Gasteiger partial charge >= 0.3 is 0 Å². The molecule has 0 radical (unpaired) electrons. The maximum atomic E-state index is 3.79. The van der Waals surface area contributed by atoms with E-state index in [-0.39, 0.29) is 5.54 Å². The van der Waals surface area contributed by atoms with Gasteiger partial charge in [0.1, 0.15) is 0 Å². The Balaban J connectivity index is 2.24. The first kappa shape index (κ1) is 21.0. The van der Waals surface area contributed by atoms with Crippen molar-refractivity contribution >= 4 is 0 Å². The third-order valence-corrected chi connectivity index (χ3v) is 5.66. The molecule has 1 nitrogen and oxygen atoms in total. The third kappa shape index (κ3) is 6.48. The van der Waals surface area contributed by atoms with Crippen molar-refractivity contribution in [3.8, 4) is 11.8 Å². The highest BCUT2D eigenvalue weighted by Gasteiger charge is 2.35. The largest absolute Gasteiger partial charge is 0.312 e. The Hall–Kier alpha value is -1.26. The molecule has 1 unspecified atom stereocenters. The molecule has 2 rings (SSSR count). The summed E-state index contributed by atoms with van der Waals surface area (Å²) in [5.74, 6) is 7.49. The van der Waals surface area contributed by atoms with Crippen LogP contribution in [0.3, 0.4) is 0 Å². The maximum absolute atomic E-state index is 3.79. The van der Waals surface area contributed by atoms with Crippen molar-refractivity contribution in [3.05, 3.63) is 34.9 Å². The summed E-state index contributed by atoms with van der Waals surface area (Å²) in [4.78, 5) is 0. The Morgan fingerprint density at radius 2 is 1.88 bits per heavy atom. The SMILES string of the molecule is CCCC(C)C#Cc1ccc(C)cc1CC1(CNC(C)(C)C)CCCC1. The molecular formula is C25H39N. The predicted octanol–water partition coefficient (Wildman–Crippen LogP) is 6.27. The van der Waals surface area contributed by atoms with Gasteiger partial charge in [0.25, 0.3) is 0 Å². The zero-order chi connectivity index (χ0) is 19.2. The highest BCUT2D eigenvalue weighted by atomic mass is 15.0. The number of aryl methyl sites for hydroxylation is 1. The summed E-state index contributed by atoms with van der Waals surface area (Å²) in [6.07, 6.45) is 8.96. The smallest absolute Gasteiger partial charge is 0.0277 e. The van der Waals surface area contributed by atoms with E-state index >= 15 is 0 Å². The Kier molecular flexibility index (Phi) is 7.36. The second-order valence-corrected chi connectivity index (χ2v) is 9.61. The number of rotatable bonds is 6. The molecule has 1 atom stereocenters. The second kappa shape index (κ2) is 9.09. The Morgan fingerprint density at radius 3 is 2.50 bits per heavy atom. The summed E-state index contributed by atoms with van der Waals surface area (Å²) < 4.78 is 0. The second-order valence-electron chi connectivity index (χ2n) is 9.61. The number of benzene rings is 1. The van der Waals surface area contributed by atoms with E-state index in [0.29, 0.717) is 11.3 Å². The van der Waals surface area contributed by atoms with E-state index in [2.05, 4.69) is 76.9 Å². The lowest BCUT2D eigenvalue weighted by molar-refractivity contribution is 0.244. The van der Waals surface area contributed by atoms with Gasteiger partial charge < -0.3 is 5.32 Å². The first-order chi connectivity index (χ1) is 12.2. The third-order valence-electron chi connectivity index (χ3n) is 5.66. The molecule has 0 amide bonds. The van der Waals surface area contributed by atoms with Crippen LogP contribution in [0.25, 0.3) is 0 Å². The van der Waals surface area contributed by atoms with Gasteiger partial charge in [0.05, 0.1) is 0 Å². The Bertz CT molecular complexity index is 632. The fourth-order valence-electron chi connectivity index (χ4n) is 4.09. The monoisotopic (exact) mass is 353 g/mol. The highest BCUT2D eigenvalue weighted by Crippen LogP contribution is 2.41. The molecule has 0 heterocycles. The van der Waals surface area contributed by atoms with Gasteiger partial charge in [-0.05, 0) is 70.4 Å². The quantitative estimate of drug-likeness (QED) is 0.594. The molecule has 1 N–H and O–H groups in total. The molecule has 1 heteroatoms. The summed E-state index contributed by atoms with van der Waals surface area (Å²) in [6.45, 7) is 14.6. The lowest BCUT2D eigenvalue weighted by Crippen LogP contribution is -2.44. The van der Waals surface area contributed by atoms with Crippen LogP contribution in [0.15, 0.2) is 18.2 Å². The maximum Gasteiger partial charge on any atom is 0.0277 e. The van der Waals surface area contributed by atoms with Crippen LogP contribution in [-0.2, 0) is 6.42 Å². The average Bonchev–Trinajstić information content (AvgIpc) is 3.01. The van der Waals surface area contributed by atoms with Crippen LogP contribution in [0.4, 0.5) is 0 Å². The summed E-state index contributed by atoms with van der Waals surface area (Å²) in [5.41, 5.74) is 4.64. The van der Waals surface area contributed by atoms with Gasteiger partial charge in [-0.15, -0.1) is 0 Å². The molecule has 0 spiro atoms. The molecule has 0 saturated heterocycles. The lowest BCUT2D eigenvalue weighted by atomic mass is 9.78. The van der Waals surface area contributed by atoms with Crippen LogP contribution < -0.4 is 5.32 Å². The van der Waals surface area contributed by atoms with Crippen LogP contribution in [0.5, 0.6) is 0 Å². The summed E-state index contributed by atoms with van der Waals surface area (Å²) >= 11 is 0. The van der Waals surface area contributed by atoms with Gasteiger partial charge in [0, 0.05) is 23.6 Å². The van der Waals surface area contributed by atoms with Crippen LogP contribution in [0, 0.1) is 30.1 Å². The van der Waals surface area contributed by atoms with Crippen molar-refractivity contribution in [3.63, 3.8) is 0 Å². The molecule has 0 aliphatic heterocycles. The molecule has 1 aromatic rings. The fourth-order valence-corrected chi connectivity index (χ4v) is 4.09. The zero-order valence-corrected chi connectivity index (χ0v) is 18.0. The number of nitrogens with one attached hydrogen (secondary N) is 1. The highest BCUT2D eigenvalue weighted by molar-refractivity contribution is 5.44. The van der Waals surface area contributed by atoms with Gasteiger partial charge in [-0.2, -0.15) is 0 Å². The minimum atomic E-state index is 0.181. The van der Waals surface area contributed by atoms with Gasteiger partial charge in [-0.25, -0.2) is 0 Å². The van der Waals surface area contributed by atoms with Gasteiger partial charge in [0.15, 0.2) is 0 Å². The van der Waals surface area contributed by atoms with E-state index in [1.165, 1.54) is 55.2 Å². The van der Waals surface area contributed by atoms with Gasteiger partial charge in [0.2, 0.25) is 0 Å². The van der Waals surface area contributed by atoms with E-state index in [0.717, 1.165) is 13.0 Å². The molecule has 26 heavy (non-hydrogen) atoms. The van der Waals surface area contributed by atoms with Gasteiger partial charge in [-0.3, -0.25) is 0 Å². The molecule has 144 valence electrons. The fraction of sp³-hybridized carbons (Fsp3) is 0.680. The molecule has 1 saturated carbocycles. The first-order valence-corrected chi connectivity index (χ1v) is 10.6. The van der Waals surface area contributed by atoms with Crippen molar-refractivity contribution in [2.24, 2.45) is 11.3 Å². The van der Waals surface area contributed by atoms with E-state index in [9.17, 15) is 0 Å². The minimum Gasteiger partial charge on any atom is -0.312 e. The Labute approximate surface area is 162 Å². The molecule has 0 aromatic heterocycles. The summed E-state index contributed by atoms with van der Waals surface area (Å²) in [5, 5.41) is 3.79. The van der Waals surface area contributed by atoms with Crippen LogP contribution >= 0.6 is 0 Å². The van der Waals surface area contributed by atoms with E-state index in [4.69, 9.17) is 0 Å². The lowest BCUT2D eigenvalue weighted by Gasteiger charge is -2.34. The predicted molar refractivity (Wildman–Crippen MR) is 114 cm³/mol. The van der Waals surface area contributed by atoms with Crippen LogP contribution in [0.2, 0.25) is 0 Å². The minimum absolute atomic E-state index is 0.181. The van der Waals surface area contributed by atoms with Crippen LogP contribution in [-0.4, -0.2) is 12.1 Å². The standard InChI is InChI=1S/C25H39N/c1-7-10-20(2)11-13-22-14-12-21(3)17-23(22)18-25(15-8-9-16-25)19-26-24(4,5)6/h12,14,17,20,26H,7-10,15-16,18-19H2,1-6H3. The number of hydrogen-bond acceptors (Lipinski definition) is 1. The molecule has 1 aliphatic carbocycles. The molecular weight excluding hydrogens is 314 g/mol. The van der Waals surface area contributed by atoms with Crippen LogP contribution in [0.1, 0.15) is 89.8 Å². The molecule has 1 aliphatic rings. The van der Waals surface area contributed by atoms with Crippen molar-refractivity contribution in [1.29, 1.82) is 0 Å². The van der Waals surface area contributed by atoms with Crippen molar-refractivity contribution in [1.82, 2.24) is 5.32 Å². The molecule has 0 bridgehead atoms. The average molecular weight is 354 g/mol. The topological polar surface area (TPSA) is 12.0 Å². The summed E-state index contributed by atoms with van der Waals surface area (Å²) in [7, 11) is 0. The normalized spacial score (nSPS) is 17.6. The van der Waals surface area contributed by atoms with Crippen molar-refractivity contribution in [2.75, 3.05) is 6.54 Å².